The Morgan fingerprint density at radius 1 is 1.06 bits per heavy atom. The molecule has 6 nitrogen and oxygen atoms in total. The summed E-state index contributed by atoms with van der Waals surface area (Å²) in [5, 5.41) is 27.3. The number of benzene rings is 3. The van der Waals surface area contributed by atoms with E-state index in [1.807, 2.05) is 12.1 Å². The minimum Gasteiger partial charge on any atom is -0.545 e. The van der Waals surface area contributed by atoms with Gasteiger partial charge in [0, 0.05) is 38.5 Å². The summed E-state index contributed by atoms with van der Waals surface area (Å²) in [6.07, 6.45) is 0.640. The van der Waals surface area contributed by atoms with Crippen molar-refractivity contribution >= 4 is 63.9 Å². The van der Waals surface area contributed by atoms with Crippen molar-refractivity contribution in [1.82, 2.24) is 0 Å². The van der Waals surface area contributed by atoms with Gasteiger partial charge in [0.15, 0.2) is 0 Å². The van der Waals surface area contributed by atoms with E-state index in [9.17, 15) is 20.0 Å². The van der Waals surface area contributed by atoms with E-state index in [0.717, 1.165) is 11.1 Å². The van der Waals surface area contributed by atoms with Crippen LogP contribution in [0.15, 0.2) is 65.6 Å². The number of fused-ring (bicyclic) bond motifs is 3. The smallest absolute Gasteiger partial charge is 0.282 e. The van der Waals surface area contributed by atoms with Gasteiger partial charge in [0.25, 0.3) is 5.69 Å². The zero-order chi connectivity index (χ0) is 24.9. The van der Waals surface area contributed by atoms with Gasteiger partial charge >= 0.3 is 0 Å². The number of carboxylic acid groups (broad SMARTS) is 1. The van der Waals surface area contributed by atoms with Crippen LogP contribution in [0.2, 0.25) is 10.0 Å². The largest absolute Gasteiger partial charge is 0.545 e. The van der Waals surface area contributed by atoms with Gasteiger partial charge in [-0.05, 0) is 41.7 Å². The Labute approximate surface area is 220 Å². The third kappa shape index (κ3) is 4.35. The summed E-state index contributed by atoms with van der Waals surface area (Å²) >= 11 is 21.2. The van der Waals surface area contributed by atoms with E-state index in [1.54, 1.807) is 36.4 Å². The van der Waals surface area contributed by atoms with Crippen LogP contribution in [0.25, 0.3) is 0 Å². The highest BCUT2D eigenvalue weighted by atomic mass is 35.5. The lowest BCUT2D eigenvalue weighted by Gasteiger charge is -2.39. The number of alkyl halides is 1. The number of nitrogens with zero attached hydrogens (tertiary/aromatic N) is 1. The van der Waals surface area contributed by atoms with Crippen molar-refractivity contribution in [1.29, 1.82) is 0 Å². The van der Waals surface area contributed by atoms with E-state index in [0.29, 0.717) is 27.0 Å². The maximum absolute atomic E-state index is 11.9. The molecule has 5 rings (SSSR count). The van der Waals surface area contributed by atoms with Gasteiger partial charge in [-0.2, -0.15) is 0 Å². The molecule has 1 aliphatic carbocycles. The SMILES string of the molecule is O=C([O-])c1cccc2c1N[C@H](c1ccc(Cl)cc1Cl)[C@@H]1C[C@@H](Sc3ccccc3[N+](=O)[O-])[C@@H](Cl)[C@@H]21. The summed E-state index contributed by atoms with van der Waals surface area (Å²) < 4.78 is 0. The van der Waals surface area contributed by atoms with Crippen LogP contribution in [0.5, 0.6) is 0 Å². The van der Waals surface area contributed by atoms with Crippen molar-refractivity contribution in [2.45, 2.75) is 33.9 Å². The van der Waals surface area contributed by atoms with Crippen LogP contribution in [0.3, 0.4) is 0 Å². The van der Waals surface area contributed by atoms with Gasteiger partial charge in [0.05, 0.1) is 27.2 Å². The second-order valence-corrected chi connectivity index (χ2v) is 11.2. The minimum absolute atomic E-state index is 0.0336. The standard InChI is InChI=1S/C25H19Cl3N2O4S/c26-12-8-9-13(17(27)10-12)23-16-11-20(35-19-7-2-1-6-18(19)30(33)34)22(28)21(16)14-4-3-5-15(25(31)32)24(14)29-23/h1-10,16,20-23,29H,11H2,(H,31,32)/p-1/t16-,20-,21+,22-,23-/m1/s1. The van der Waals surface area contributed by atoms with E-state index in [-0.39, 0.29) is 34.4 Å². The van der Waals surface area contributed by atoms with Gasteiger partial charge in [-0.3, -0.25) is 10.1 Å². The van der Waals surface area contributed by atoms with E-state index >= 15 is 0 Å². The van der Waals surface area contributed by atoms with E-state index in [1.165, 1.54) is 23.9 Å². The highest BCUT2D eigenvalue weighted by Crippen LogP contribution is 2.59. The number of anilines is 1. The van der Waals surface area contributed by atoms with Crippen LogP contribution >= 0.6 is 46.6 Å². The Morgan fingerprint density at radius 2 is 1.83 bits per heavy atom. The van der Waals surface area contributed by atoms with Crippen LogP contribution in [0, 0.1) is 16.0 Å². The third-order valence-corrected chi connectivity index (χ3v) is 9.38. The molecule has 35 heavy (non-hydrogen) atoms. The van der Waals surface area contributed by atoms with Crippen molar-refractivity contribution in [3.05, 3.63) is 97.5 Å². The quantitative estimate of drug-likeness (QED) is 0.228. The normalized spacial score (nSPS) is 24.8. The molecule has 0 aromatic heterocycles. The number of aromatic carboxylic acids is 1. The van der Waals surface area contributed by atoms with Crippen molar-refractivity contribution in [3.8, 4) is 0 Å². The van der Waals surface area contributed by atoms with E-state index in [2.05, 4.69) is 5.32 Å². The highest BCUT2D eigenvalue weighted by Gasteiger charge is 2.51. The summed E-state index contributed by atoms with van der Waals surface area (Å²) in [4.78, 5) is 23.6. The number of thioether (sulfide) groups is 1. The first-order chi connectivity index (χ1) is 16.8. The van der Waals surface area contributed by atoms with Gasteiger partial charge in [-0.15, -0.1) is 23.4 Å². The molecule has 10 heteroatoms. The summed E-state index contributed by atoms with van der Waals surface area (Å²) in [5.74, 6) is -1.53. The second kappa shape index (κ2) is 9.54. The number of halogens is 3. The molecular formula is C25H18Cl3N2O4S-. The molecule has 0 spiro atoms. The Morgan fingerprint density at radius 3 is 2.54 bits per heavy atom. The first-order valence-corrected chi connectivity index (χ1v) is 12.9. The molecule has 180 valence electrons. The molecule has 0 bridgehead atoms. The predicted molar refractivity (Wildman–Crippen MR) is 137 cm³/mol. The van der Waals surface area contributed by atoms with Crippen molar-refractivity contribution in [2.24, 2.45) is 5.92 Å². The molecule has 0 amide bonds. The van der Waals surface area contributed by atoms with Crippen molar-refractivity contribution < 1.29 is 14.8 Å². The minimum atomic E-state index is -1.29. The lowest BCUT2D eigenvalue weighted by molar-refractivity contribution is -0.387. The Balaban J connectivity index is 1.60. The van der Waals surface area contributed by atoms with Crippen LogP contribution in [0.4, 0.5) is 11.4 Å². The average Bonchev–Trinajstić information content (AvgIpc) is 3.14. The highest BCUT2D eigenvalue weighted by molar-refractivity contribution is 8.00. The molecule has 3 aromatic rings. The van der Waals surface area contributed by atoms with Crippen molar-refractivity contribution in [2.75, 3.05) is 5.32 Å². The topological polar surface area (TPSA) is 95.3 Å². The zero-order valence-electron chi connectivity index (χ0n) is 18.0. The Kier molecular flexibility index (Phi) is 6.61. The number of carboxylic acids is 1. The first kappa shape index (κ1) is 24.3. The Hall–Kier alpha value is -2.45. The number of hydrogen-bond acceptors (Lipinski definition) is 6. The summed E-state index contributed by atoms with van der Waals surface area (Å²) in [7, 11) is 0. The average molecular weight is 549 g/mol. The monoisotopic (exact) mass is 547 g/mol. The second-order valence-electron chi connectivity index (χ2n) is 8.60. The fourth-order valence-electron chi connectivity index (χ4n) is 5.25. The number of rotatable bonds is 5. The fraction of sp³-hybridized carbons (Fsp3) is 0.240. The molecule has 1 fully saturated rings. The molecule has 3 aromatic carbocycles. The maximum atomic E-state index is 11.9. The number of nitro groups is 1. The van der Waals surface area contributed by atoms with Crippen LogP contribution in [0.1, 0.15) is 39.9 Å². The van der Waals surface area contributed by atoms with Gasteiger partial charge in [0.2, 0.25) is 0 Å². The number of carbonyl (C=O) groups is 1. The third-order valence-electron chi connectivity index (χ3n) is 6.71. The number of hydrogen-bond donors (Lipinski definition) is 1. The molecule has 5 atom stereocenters. The summed E-state index contributed by atoms with van der Waals surface area (Å²) in [6.45, 7) is 0. The number of carbonyl (C=O) groups excluding carboxylic acids is 1. The maximum Gasteiger partial charge on any atom is 0.282 e. The molecule has 1 N–H and O–H groups in total. The number of nitro benzene ring substituents is 1. The molecule has 1 heterocycles. The first-order valence-electron chi connectivity index (χ1n) is 10.9. The molecule has 0 radical (unpaired) electrons. The van der Waals surface area contributed by atoms with Crippen LogP contribution in [-0.4, -0.2) is 21.5 Å². The number of nitrogens with one attached hydrogen (secondary N) is 1. The van der Waals surface area contributed by atoms with E-state index in [4.69, 9.17) is 34.8 Å². The predicted octanol–water partition coefficient (Wildman–Crippen LogP) is 6.30. The van der Waals surface area contributed by atoms with Gasteiger partial charge < -0.3 is 15.2 Å². The van der Waals surface area contributed by atoms with Crippen molar-refractivity contribution in [3.63, 3.8) is 0 Å². The summed E-state index contributed by atoms with van der Waals surface area (Å²) in [6, 6.07) is 16.6. The molecule has 2 aliphatic rings. The van der Waals surface area contributed by atoms with Crippen LogP contribution < -0.4 is 10.4 Å². The molecule has 0 saturated heterocycles. The molecule has 1 saturated carbocycles. The van der Waals surface area contributed by atoms with E-state index < -0.39 is 16.3 Å². The Bertz CT molecular complexity index is 1340. The number of para-hydroxylation sites is 2. The molecule has 1 aliphatic heterocycles. The van der Waals surface area contributed by atoms with Gasteiger partial charge in [0.1, 0.15) is 0 Å². The molecular weight excluding hydrogens is 531 g/mol. The van der Waals surface area contributed by atoms with Crippen LogP contribution in [-0.2, 0) is 0 Å². The van der Waals surface area contributed by atoms with Gasteiger partial charge in [-0.25, -0.2) is 0 Å². The lowest BCUT2D eigenvalue weighted by atomic mass is 9.76. The fourth-order valence-corrected chi connectivity index (χ4v) is 7.72. The van der Waals surface area contributed by atoms with Gasteiger partial charge in [-0.1, -0.05) is 59.6 Å². The lowest BCUT2D eigenvalue weighted by Crippen LogP contribution is -2.34. The molecule has 0 unspecified atom stereocenters. The zero-order valence-corrected chi connectivity index (χ0v) is 21.1. The summed E-state index contributed by atoms with van der Waals surface area (Å²) in [5.41, 5.74) is 2.13.